The highest BCUT2D eigenvalue weighted by molar-refractivity contribution is 5.90. The maximum Gasteiger partial charge on any atom is 0.224 e. The van der Waals surface area contributed by atoms with Gasteiger partial charge in [0.15, 0.2) is 0 Å². The Morgan fingerprint density at radius 2 is 2.32 bits per heavy atom. The zero-order valence-electron chi connectivity index (χ0n) is 11.2. The Labute approximate surface area is 114 Å². The lowest BCUT2D eigenvalue weighted by Gasteiger charge is -2.05. The van der Waals surface area contributed by atoms with Crippen molar-refractivity contribution in [3.8, 4) is 11.8 Å². The first-order valence-corrected chi connectivity index (χ1v) is 6.43. The molecule has 0 fully saturated rings. The SMILES string of the molecule is CCOCCCC(=O)Nc1cccc(C#CCN)c1. The van der Waals surface area contributed by atoms with Gasteiger partial charge in [-0.1, -0.05) is 17.9 Å². The summed E-state index contributed by atoms with van der Waals surface area (Å²) in [7, 11) is 0. The minimum absolute atomic E-state index is 0.0105. The molecule has 0 spiro atoms. The fourth-order valence-corrected chi connectivity index (χ4v) is 1.53. The number of nitrogens with one attached hydrogen (secondary N) is 1. The second-order valence-corrected chi connectivity index (χ2v) is 3.94. The molecule has 1 aromatic carbocycles. The lowest BCUT2D eigenvalue weighted by molar-refractivity contribution is -0.116. The molecule has 19 heavy (non-hydrogen) atoms. The van der Waals surface area contributed by atoms with Crippen LogP contribution in [-0.2, 0) is 9.53 Å². The summed E-state index contributed by atoms with van der Waals surface area (Å²) in [5.41, 5.74) is 6.92. The Balaban J connectivity index is 2.45. The lowest BCUT2D eigenvalue weighted by atomic mass is 10.2. The molecule has 1 amide bonds. The molecule has 0 heterocycles. The predicted octanol–water partition coefficient (Wildman–Crippen LogP) is 1.75. The van der Waals surface area contributed by atoms with Crippen molar-refractivity contribution in [3.05, 3.63) is 29.8 Å². The molecule has 0 atom stereocenters. The van der Waals surface area contributed by atoms with E-state index in [4.69, 9.17) is 10.5 Å². The van der Waals surface area contributed by atoms with Crippen molar-refractivity contribution >= 4 is 11.6 Å². The third kappa shape index (κ3) is 6.61. The van der Waals surface area contributed by atoms with E-state index in [1.807, 2.05) is 31.2 Å². The van der Waals surface area contributed by atoms with Crippen LogP contribution in [0, 0.1) is 11.8 Å². The molecule has 0 saturated carbocycles. The highest BCUT2D eigenvalue weighted by Gasteiger charge is 2.02. The monoisotopic (exact) mass is 260 g/mol. The first-order valence-electron chi connectivity index (χ1n) is 6.43. The zero-order chi connectivity index (χ0) is 13.9. The summed E-state index contributed by atoms with van der Waals surface area (Å²) in [6, 6.07) is 7.42. The number of rotatable bonds is 6. The maximum atomic E-state index is 11.7. The largest absolute Gasteiger partial charge is 0.382 e. The number of benzene rings is 1. The quantitative estimate of drug-likeness (QED) is 0.605. The van der Waals surface area contributed by atoms with E-state index in [1.54, 1.807) is 0 Å². The third-order valence-corrected chi connectivity index (χ3v) is 2.38. The van der Waals surface area contributed by atoms with E-state index in [2.05, 4.69) is 17.2 Å². The number of ether oxygens (including phenoxy) is 1. The maximum absolute atomic E-state index is 11.7. The van der Waals surface area contributed by atoms with Gasteiger partial charge in [-0.25, -0.2) is 0 Å². The average molecular weight is 260 g/mol. The van der Waals surface area contributed by atoms with E-state index in [9.17, 15) is 4.79 Å². The van der Waals surface area contributed by atoms with Crippen molar-refractivity contribution in [1.29, 1.82) is 0 Å². The van der Waals surface area contributed by atoms with E-state index in [0.29, 0.717) is 26.2 Å². The third-order valence-electron chi connectivity index (χ3n) is 2.38. The molecule has 0 aliphatic heterocycles. The molecular formula is C15H20N2O2. The van der Waals surface area contributed by atoms with Gasteiger partial charge in [-0.2, -0.15) is 0 Å². The van der Waals surface area contributed by atoms with Crippen LogP contribution in [0.25, 0.3) is 0 Å². The predicted molar refractivity (Wildman–Crippen MR) is 76.7 cm³/mol. The molecule has 0 aliphatic carbocycles. The van der Waals surface area contributed by atoms with Gasteiger partial charge in [-0.05, 0) is 31.5 Å². The van der Waals surface area contributed by atoms with E-state index in [-0.39, 0.29) is 5.91 Å². The fraction of sp³-hybridized carbons (Fsp3) is 0.400. The number of carbonyl (C=O) groups excluding carboxylic acids is 1. The summed E-state index contributed by atoms with van der Waals surface area (Å²) in [6.07, 6.45) is 1.19. The number of amides is 1. The Bertz CT molecular complexity index is 461. The number of anilines is 1. The van der Waals surface area contributed by atoms with Gasteiger partial charge in [0.2, 0.25) is 5.91 Å². The second-order valence-electron chi connectivity index (χ2n) is 3.94. The van der Waals surface area contributed by atoms with Gasteiger partial charge in [0.25, 0.3) is 0 Å². The van der Waals surface area contributed by atoms with Crippen molar-refractivity contribution in [3.63, 3.8) is 0 Å². The van der Waals surface area contributed by atoms with Gasteiger partial charge in [0, 0.05) is 30.9 Å². The summed E-state index contributed by atoms with van der Waals surface area (Å²) in [6.45, 7) is 3.57. The summed E-state index contributed by atoms with van der Waals surface area (Å²) < 4.78 is 5.19. The molecule has 0 aliphatic rings. The van der Waals surface area contributed by atoms with Crippen molar-refractivity contribution in [2.75, 3.05) is 25.1 Å². The van der Waals surface area contributed by atoms with E-state index < -0.39 is 0 Å². The normalized spacial score (nSPS) is 9.58. The first-order chi connectivity index (χ1) is 9.26. The summed E-state index contributed by atoms with van der Waals surface area (Å²) in [5, 5.41) is 2.84. The number of carbonyl (C=O) groups is 1. The lowest BCUT2D eigenvalue weighted by Crippen LogP contribution is -2.12. The molecule has 1 rings (SSSR count). The average Bonchev–Trinajstić information content (AvgIpc) is 2.42. The first kappa shape index (κ1) is 15.2. The molecule has 3 N–H and O–H groups in total. The molecule has 0 bridgehead atoms. The summed E-state index contributed by atoms with van der Waals surface area (Å²) >= 11 is 0. The zero-order valence-corrected chi connectivity index (χ0v) is 11.2. The van der Waals surface area contributed by atoms with Crippen LogP contribution < -0.4 is 11.1 Å². The van der Waals surface area contributed by atoms with Crippen molar-refractivity contribution in [2.45, 2.75) is 19.8 Å². The highest BCUT2D eigenvalue weighted by atomic mass is 16.5. The molecule has 0 aromatic heterocycles. The van der Waals surface area contributed by atoms with Crippen molar-refractivity contribution in [2.24, 2.45) is 5.73 Å². The summed E-state index contributed by atoms with van der Waals surface area (Å²) in [4.78, 5) is 11.7. The molecule has 4 heteroatoms. The van der Waals surface area contributed by atoms with Crippen LogP contribution in [0.3, 0.4) is 0 Å². The number of hydrogen-bond acceptors (Lipinski definition) is 3. The standard InChI is InChI=1S/C15H20N2O2/c1-2-19-11-5-9-15(18)17-14-8-3-6-13(12-14)7-4-10-16/h3,6,8,12H,2,5,9-11,16H2,1H3,(H,17,18). The van der Waals surface area contributed by atoms with Crippen LogP contribution in [0.5, 0.6) is 0 Å². The van der Waals surface area contributed by atoms with Crippen LogP contribution in [0.2, 0.25) is 0 Å². The Morgan fingerprint density at radius 3 is 3.05 bits per heavy atom. The van der Waals surface area contributed by atoms with Crippen LogP contribution in [-0.4, -0.2) is 25.7 Å². The van der Waals surface area contributed by atoms with Crippen LogP contribution in [0.15, 0.2) is 24.3 Å². The smallest absolute Gasteiger partial charge is 0.224 e. The van der Waals surface area contributed by atoms with E-state index in [1.165, 1.54) is 0 Å². The van der Waals surface area contributed by atoms with Crippen molar-refractivity contribution < 1.29 is 9.53 Å². The molecule has 4 nitrogen and oxygen atoms in total. The minimum Gasteiger partial charge on any atom is -0.382 e. The molecule has 102 valence electrons. The second kappa shape index (κ2) is 9.15. The Kier molecular flexibility index (Phi) is 7.33. The van der Waals surface area contributed by atoms with Gasteiger partial charge in [-0.15, -0.1) is 0 Å². The highest BCUT2D eigenvalue weighted by Crippen LogP contribution is 2.10. The number of nitrogens with two attached hydrogens (primary N) is 1. The van der Waals surface area contributed by atoms with Gasteiger partial charge in [0.1, 0.15) is 0 Å². The summed E-state index contributed by atoms with van der Waals surface area (Å²) in [5.74, 6) is 5.70. The van der Waals surface area contributed by atoms with Crippen molar-refractivity contribution in [1.82, 2.24) is 0 Å². The Hall–Kier alpha value is -1.83. The van der Waals surface area contributed by atoms with Crippen LogP contribution >= 0.6 is 0 Å². The minimum atomic E-state index is -0.0105. The van der Waals surface area contributed by atoms with Gasteiger partial charge in [0.05, 0.1) is 6.54 Å². The molecule has 0 saturated heterocycles. The molecule has 1 aromatic rings. The molecule has 0 radical (unpaired) electrons. The van der Waals surface area contributed by atoms with Gasteiger partial charge >= 0.3 is 0 Å². The molecular weight excluding hydrogens is 240 g/mol. The number of hydrogen-bond donors (Lipinski definition) is 2. The van der Waals surface area contributed by atoms with E-state index in [0.717, 1.165) is 17.7 Å². The molecule has 0 unspecified atom stereocenters. The van der Waals surface area contributed by atoms with Crippen LogP contribution in [0.1, 0.15) is 25.3 Å². The van der Waals surface area contributed by atoms with Gasteiger partial charge in [-0.3, -0.25) is 4.79 Å². The topological polar surface area (TPSA) is 64.3 Å². The fourth-order valence-electron chi connectivity index (χ4n) is 1.53. The van der Waals surface area contributed by atoms with Crippen LogP contribution in [0.4, 0.5) is 5.69 Å². The van der Waals surface area contributed by atoms with E-state index >= 15 is 0 Å². The van der Waals surface area contributed by atoms with Gasteiger partial charge < -0.3 is 15.8 Å². The Morgan fingerprint density at radius 1 is 1.47 bits per heavy atom.